The zero-order chi connectivity index (χ0) is 19.4. The largest absolute Gasteiger partial charge is 0.491 e. The molecule has 2 heterocycles. The molecule has 0 spiro atoms. The van der Waals surface area contributed by atoms with Gasteiger partial charge in [0.2, 0.25) is 0 Å². The van der Waals surface area contributed by atoms with Crippen LogP contribution in [0.4, 0.5) is 5.69 Å². The number of anilines is 1. The van der Waals surface area contributed by atoms with Crippen LogP contribution < -0.4 is 10.1 Å². The van der Waals surface area contributed by atoms with E-state index in [-0.39, 0.29) is 5.57 Å². The van der Waals surface area contributed by atoms with Gasteiger partial charge >= 0.3 is 11.9 Å². The Balaban J connectivity index is 1.57. The molecular weight excluding hydrogens is 372 g/mol. The summed E-state index contributed by atoms with van der Waals surface area (Å²) in [6, 6.07) is 5.15. The number of nitrogens with one attached hydrogen (secondary N) is 1. The maximum atomic E-state index is 11.9. The van der Waals surface area contributed by atoms with E-state index in [2.05, 4.69) is 10.2 Å². The Morgan fingerprint density at radius 2 is 1.89 bits per heavy atom. The van der Waals surface area contributed by atoms with Gasteiger partial charge in [-0.15, -0.1) is 0 Å². The quantitative estimate of drug-likeness (QED) is 0.451. The van der Waals surface area contributed by atoms with Gasteiger partial charge in [-0.3, -0.25) is 4.90 Å². The molecule has 146 valence electrons. The van der Waals surface area contributed by atoms with Gasteiger partial charge in [-0.05, 0) is 44.1 Å². The summed E-state index contributed by atoms with van der Waals surface area (Å²) >= 11 is 6.26. The molecule has 0 amide bonds. The second kappa shape index (κ2) is 8.19. The van der Waals surface area contributed by atoms with Crippen molar-refractivity contribution in [2.75, 3.05) is 31.6 Å². The maximum absolute atomic E-state index is 11.9. The Morgan fingerprint density at radius 3 is 2.52 bits per heavy atom. The number of halogens is 1. The Hall–Kier alpha value is -2.25. The number of carbonyl (C=O) groups excluding carboxylic acids is 2. The number of cyclic esters (lactones) is 2. The summed E-state index contributed by atoms with van der Waals surface area (Å²) in [5, 5.41) is 3.30. The van der Waals surface area contributed by atoms with Crippen LogP contribution in [-0.4, -0.2) is 48.9 Å². The van der Waals surface area contributed by atoms with Crippen molar-refractivity contribution in [3.8, 4) is 5.75 Å². The van der Waals surface area contributed by atoms with Gasteiger partial charge in [-0.25, -0.2) is 9.59 Å². The van der Waals surface area contributed by atoms with Gasteiger partial charge < -0.3 is 19.5 Å². The summed E-state index contributed by atoms with van der Waals surface area (Å²) in [6.45, 7) is 6.69. The molecule has 27 heavy (non-hydrogen) atoms. The molecule has 0 saturated carbocycles. The van der Waals surface area contributed by atoms with Crippen molar-refractivity contribution in [2.45, 2.75) is 32.5 Å². The lowest BCUT2D eigenvalue weighted by atomic mass is 10.2. The first-order valence-corrected chi connectivity index (χ1v) is 9.30. The van der Waals surface area contributed by atoms with Crippen molar-refractivity contribution < 1.29 is 23.8 Å². The highest BCUT2D eigenvalue weighted by atomic mass is 35.5. The van der Waals surface area contributed by atoms with Crippen molar-refractivity contribution in [1.82, 2.24) is 4.90 Å². The number of rotatable bonds is 6. The number of ether oxygens (including phenoxy) is 3. The summed E-state index contributed by atoms with van der Waals surface area (Å²) in [7, 11) is 0. The lowest BCUT2D eigenvalue weighted by Crippen LogP contribution is -2.42. The molecule has 2 aliphatic heterocycles. The molecule has 7 nitrogen and oxygen atoms in total. The highest BCUT2D eigenvalue weighted by Gasteiger charge is 2.38. The average molecular weight is 395 g/mol. The molecular formula is C19H23ClN2O5. The van der Waals surface area contributed by atoms with E-state index >= 15 is 0 Å². The van der Waals surface area contributed by atoms with Gasteiger partial charge in [0.25, 0.3) is 5.79 Å². The molecule has 1 N–H and O–H groups in total. The van der Waals surface area contributed by atoms with Gasteiger partial charge in [-0.2, -0.15) is 0 Å². The first kappa shape index (κ1) is 19.5. The van der Waals surface area contributed by atoms with Crippen molar-refractivity contribution in [3.63, 3.8) is 0 Å². The average Bonchev–Trinajstić information content (AvgIpc) is 3.08. The van der Waals surface area contributed by atoms with Crippen molar-refractivity contribution in [2.24, 2.45) is 0 Å². The van der Waals surface area contributed by atoms with Crippen LogP contribution in [0.15, 0.2) is 30.0 Å². The Bertz CT molecular complexity index is 734. The van der Waals surface area contributed by atoms with Crippen LogP contribution in [0, 0.1) is 0 Å². The molecule has 3 rings (SSSR count). The van der Waals surface area contributed by atoms with Gasteiger partial charge in [0.1, 0.15) is 12.4 Å². The number of hydrogen-bond donors (Lipinski definition) is 1. The van der Waals surface area contributed by atoms with Crippen LogP contribution in [0.3, 0.4) is 0 Å². The van der Waals surface area contributed by atoms with E-state index in [1.54, 1.807) is 18.2 Å². The molecule has 0 radical (unpaired) electrons. The summed E-state index contributed by atoms with van der Waals surface area (Å²) < 4.78 is 15.8. The zero-order valence-corrected chi connectivity index (χ0v) is 16.2. The minimum atomic E-state index is -1.26. The fourth-order valence-corrected chi connectivity index (χ4v) is 3.17. The summed E-state index contributed by atoms with van der Waals surface area (Å²) in [6.07, 6.45) is 3.74. The number of hydrogen-bond acceptors (Lipinski definition) is 7. The monoisotopic (exact) mass is 394 g/mol. The third-order valence-electron chi connectivity index (χ3n) is 4.30. The molecule has 0 atom stereocenters. The fraction of sp³-hybridized carbons (Fsp3) is 0.474. The molecule has 8 heteroatoms. The Morgan fingerprint density at radius 1 is 1.22 bits per heavy atom. The molecule has 1 aromatic rings. The molecule has 2 fully saturated rings. The van der Waals surface area contributed by atoms with E-state index in [4.69, 9.17) is 25.8 Å². The van der Waals surface area contributed by atoms with Crippen LogP contribution >= 0.6 is 11.6 Å². The predicted octanol–water partition coefficient (Wildman–Crippen LogP) is 2.95. The first-order chi connectivity index (χ1) is 12.8. The zero-order valence-electron chi connectivity index (χ0n) is 15.4. The molecule has 0 aliphatic carbocycles. The Kier molecular flexibility index (Phi) is 5.92. The predicted molar refractivity (Wildman–Crippen MR) is 101 cm³/mol. The highest BCUT2D eigenvalue weighted by Crippen LogP contribution is 2.28. The minimum absolute atomic E-state index is 0.212. The normalized spacial score (nSPS) is 19.4. The second-order valence-corrected chi connectivity index (χ2v) is 7.33. The fourth-order valence-electron chi connectivity index (χ4n) is 2.93. The number of nitrogens with zero attached hydrogens (tertiary/aromatic N) is 1. The summed E-state index contributed by atoms with van der Waals surface area (Å²) in [5.41, 5.74) is 0.390. The van der Waals surface area contributed by atoms with Crippen molar-refractivity contribution in [1.29, 1.82) is 0 Å². The molecule has 0 aromatic heterocycles. The molecule has 0 bridgehead atoms. The van der Waals surface area contributed by atoms with E-state index in [0.29, 0.717) is 23.1 Å². The van der Waals surface area contributed by atoms with E-state index in [1.807, 2.05) is 0 Å². The Labute approximate surface area is 163 Å². The number of carbonyl (C=O) groups is 2. The van der Waals surface area contributed by atoms with E-state index in [0.717, 1.165) is 19.6 Å². The maximum Gasteiger partial charge on any atom is 0.350 e. The second-order valence-electron chi connectivity index (χ2n) is 6.92. The standard InChI is InChI=1S/C19H23ClN2O5/c1-19(2)26-17(23)14(18(24)27-19)12-21-13-5-6-16(15(20)11-13)25-10-9-22-7-3-4-8-22/h5-6,11-12,21H,3-4,7-10H2,1-2H3. The smallest absolute Gasteiger partial charge is 0.350 e. The van der Waals surface area contributed by atoms with E-state index < -0.39 is 17.7 Å². The molecule has 2 aliphatic rings. The molecule has 0 unspecified atom stereocenters. The number of benzene rings is 1. The van der Waals surface area contributed by atoms with Crippen molar-refractivity contribution >= 4 is 29.2 Å². The van der Waals surface area contributed by atoms with E-state index in [9.17, 15) is 9.59 Å². The molecule has 1 aromatic carbocycles. The topological polar surface area (TPSA) is 77.1 Å². The highest BCUT2D eigenvalue weighted by molar-refractivity contribution is 6.32. The van der Waals surface area contributed by atoms with Crippen LogP contribution in [-0.2, 0) is 19.1 Å². The lowest BCUT2D eigenvalue weighted by Gasteiger charge is -2.29. The third-order valence-corrected chi connectivity index (χ3v) is 4.59. The van der Waals surface area contributed by atoms with Crippen LogP contribution in [0.1, 0.15) is 26.7 Å². The van der Waals surface area contributed by atoms with Gasteiger partial charge in [0.15, 0.2) is 5.57 Å². The first-order valence-electron chi connectivity index (χ1n) is 8.92. The van der Waals surface area contributed by atoms with Gasteiger partial charge in [0, 0.05) is 32.3 Å². The number of esters is 2. The minimum Gasteiger partial charge on any atom is -0.491 e. The van der Waals surface area contributed by atoms with Crippen molar-refractivity contribution in [3.05, 3.63) is 35.0 Å². The van der Waals surface area contributed by atoms with Crippen LogP contribution in [0.25, 0.3) is 0 Å². The number of likely N-dealkylation sites (tertiary alicyclic amines) is 1. The van der Waals surface area contributed by atoms with Gasteiger partial charge in [0.05, 0.1) is 5.02 Å². The SMILES string of the molecule is CC1(C)OC(=O)C(=CNc2ccc(OCCN3CCCC3)c(Cl)c2)C(=O)O1. The van der Waals surface area contributed by atoms with Crippen LogP contribution in [0.2, 0.25) is 5.02 Å². The van der Waals surface area contributed by atoms with E-state index in [1.165, 1.54) is 32.9 Å². The molecule has 2 saturated heterocycles. The summed E-state index contributed by atoms with van der Waals surface area (Å²) in [5.74, 6) is -2.15. The third kappa shape index (κ3) is 5.14. The summed E-state index contributed by atoms with van der Waals surface area (Å²) in [4.78, 5) is 26.2. The van der Waals surface area contributed by atoms with Gasteiger partial charge in [-0.1, -0.05) is 11.6 Å². The lowest BCUT2D eigenvalue weighted by molar-refractivity contribution is -0.222. The van der Waals surface area contributed by atoms with Crippen LogP contribution in [0.5, 0.6) is 5.75 Å².